The zero-order valence-electron chi connectivity index (χ0n) is 9.11. The summed E-state index contributed by atoms with van der Waals surface area (Å²) in [5, 5.41) is 0.381. The van der Waals surface area contributed by atoms with E-state index in [1.54, 1.807) is 11.1 Å². The number of pyridine rings is 1. The van der Waals surface area contributed by atoms with Crippen molar-refractivity contribution in [2.45, 2.75) is 13.3 Å². The van der Waals surface area contributed by atoms with E-state index in [4.69, 9.17) is 17.3 Å². The van der Waals surface area contributed by atoms with Gasteiger partial charge in [0.1, 0.15) is 0 Å². The van der Waals surface area contributed by atoms with Gasteiger partial charge in [0.05, 0.1) is 5.69 Å². The normalized spacial score (nSPS) is 20.6. The number of nitrogens with zero attached hydrogens (tertiary/aromatic N) is 2. The Bertz CT molecular complexity index is 401. The number of carbonyl (C=O) groups excluding carboxylic acids is 1. The molecule has 5 heteroatoms. The SMILES string of the molecule is Cc1ccnc(Cl)c1N1CC(CN)CC1=O. The van der Waals surface area contributed by atoms with E-state index in [0.29, 0.717) is 24.7 Å². The van der Waals surface area contributed by atoms with Gasteiger partial charge >= 0.3 is 0 Å². The first-order valence-electron chi connectivity index (χ1n) is 5.25. The average Bonchev–Trinajstić information content (AvgIpc) is 2.60. The van der Waals surface area contributed by atoms with Crippen molar-refractivity contribution < 1.29 is 4.79 Å². The van der Waals surface area contributed by atoms with Gasteiger partial charge in [0.25, 0.3) is 0 Å². The lowest BCUT2D eigenvalue weighted by Gasteiger charge is -2.19. The molecule has 1 aromatic rings. The first kappa shape index (κ1) is 11.4. The zero-order chi connectivity index (χ0) is 11.7. The number of hydrogen-bond donors (Lipinski definition) is 1. The summed E-state index contributed by atoms with van der Waals surface area (Å²) in [6.45, 7) is 3.09. The first-order chi connectivity index (χ1) is 7.63. The van der Waals surface area contributed by atoms with E-state index >= 15 is 0 Å². The van der Waals surface area contributed by atoms with Gasteiger partial charge in [-0.15, -0.1) is 0 Å². The van der Waals surface area contributed by atoms with Gasteiger partial charge in [-0.2, -0.15) is 0 Å². The number of anilines is 1. The van der Waals surface area contributed by atoms with Crippen molar-refractivity contribution in [3.05, 3.63) is 23.0 Å². The van der Waals surface area contributed by atoms with E-state index in [9.17, 15) is 4.79 Å². The Balaban J connectivity index is 2.35. The monoisotopic (exact) mass is 239 g/mol. The molecule has 1 atom stereocenters. The van der Waals surface area contributed by atoms with Crippen LogP contribution in [0.2, 0.25) is 5.15 Å². The number of rotatable bonds is 2. The molecule has 1 aliphatic rings. The minimum absolute atomic E-state index is 0.0773. The number of halogens is 1. The van der Waals surface area contributed by atoms with Crippen molar-refractivity contribution >= 4 is 23.2 Å². The van der Waals surface area contributed by atoms with Crippen molar-refractivity contribution in [1.29, 1.82) is 0 Å². The molecule has 1 aliphatic heterocycles. The fourth-order valence-corrected chi connectivity index (χ4v) is 2.30. The molecule has 1 fully saturated rings. The molecule has 2 rings (SSSR count). The molecule has 0 bridgehead atoms. The summed E-state index contributed by atoms with van der Waals surface area (Å²) < 4.78 is 0. The van der Waals surface area contributed by atoms with E-state index in [1.165, 1.54) is 0 Å². The Hall–Kier alpha value is -1.13. The number of hydrogen-bond acceptors (Lipinski definition) is 3. The maximum atomic E-state index is 11.8. The summed E-state index contributed by atoms with van der Waals surface area (Å²) >= 11 is 6.03. The number of aryl methyl sites for hydroxylation is 1. The maximum Gasteiger partial charge on any atom is 0.227 e. The third kappa shape index (κ3) is 1.90. The van der Waals surface area contributed by atoms with Gasteiger partial charge in [-0.3, -0.25) is 4.79 Å². The van der Waals surface area contributed by atoms with Crippen LogP contribution in [0.15, 0.2) is 12.3 Å². The second kappa shape index (κ2) is 4.39. The smallest absolute Gasteiger partial charge is 0.227 e. The molecular weight excluding hydrogens is 226 g/mol. The van der Waals surface area contributed by atoms with Crippen molar-refractivity contribution in [2.24, 2.45) is 11.7 Å². The lowest BCUT2D eigenvalue weighted by atomic mass is 10.1. The minimum atomic E-state index is 0.0773. The second-order valence-electron chi connectivity index (χ2n) is 4.08. The highest BCUT2D eigenvalue weighted by Gasteiger charge is 2.31. The first-order valence-corrected chi connectivity index (χ1v) is 5.62. The van der Waals surface area contributed by atoms with Gasteiger partial charge in [0.15, 0.2) is 5.15 Å². The highest BCUT2D eigenvalue weighted by atomic mass is 35.5. The fourth-order valence-electron chi connectivity index (χ4n) is 2.00. The van der Waals surface area contributed by atoms with Crippen molar-refractivity contribution in [3.8, 4) is 0 Å². The number of nitrogens with two attached hydrogens (primary N) is 1. The molecule has 0 aliphatic carbocycles. The standard InChI is InChI=1S/C11H14ClN3O/c1-7-2-3-14-11(12)10(7)15-6-8(5-13)4-9(15)16/h2-3,8H,4-6,13H2,1H3. The Morgan fingerprint density at radius 3 is 3.00 bits per heavy atom. The van der Waals surface area contributed by atoms with Crippen molar-refractivity contribution in [1.82, 2.24) is 4.98 Å². The molecule has 0 saturated carbocycles. The van der Waals surface area contributed by atoms with Crippen LogP contribution in [-0.4, -0.2) is 24.0 Å². The molecule has 0 aromatic carbocycles. The summed E-state index contributed by atoms with van der Waals surface area (Å²) in [7, 11) is 0. The predicted octanol–water partition coefficient (Wildman–Crippen LogP) is 1.36. The molecular formula is C11H14ClN3O. The molecule has 0 radical (unpaired) electrons. The topological polar surface area (TPSA) is 59.2 Å². The Kier molecular flexibility index (Phi) is 3.12. The molecule has 2 heterocycles. The van der Waals surface area contributed by atoms with Gasteiger partial charge in [0.2, 0.25) is 5.91 Å². The van der Waals surface area contributed by atoms with E-state index in [1.807, 2.05) is 13.0 Å². The molecule has 1 amide bonds. The molecule has 1 unspecified atom stereocenters. The molecule has 2 N–H and O–H groups in total. The van der Waals surface area contributed by atoms with Crippen LogP contribution < -0.4 is 10.6 Å². The van der Waals surface area contributed by atoms with Crippen LogP contribution in [-0.2, 0) is 4.79 Å². The van der Waals surface area contributed by atoms with Crippen molar-refractivity contribution in [2.75, 3.05) is 18.0 Å². The third-order valence-electron chi connectivity index (χ3n) is 2.89. The lowest BCUT2D eigenvalue weighted by molar-refractivity contribution is -0.117. The highest BCUT2D eigenvalue weighted by molar-refractivity contribution is 6.32. The molecule has 16 heavy (non-hydrogen) atoms. The third-order valence-corrected chi connectivity index (χ3v) is 3.17. The largest absolute Gasteiger partial charge is 0.330 e. The van der Waals surface area contributed by atoms with Gasteiger partial charge in [-0.05, 0) is 31.0 Å². The van der Waals surface area contributed by atoms with Crippen LogP contribution in [0.4, 0.5) is 5.69 Å². The van der Waals surface area contributed by atoms with Crippen LogP contribution in [0.25, 0.3) is 0 Å². The fraction of sp³-hybridized carbons (Fsp3) is 0.455. The van der Waals surface area contributed by atoms with E-state index < -0.39 is 0 Å². The number of aromatic nitrogens is 1. The van der Waals surface area contributed by atoms with Crippen LogP contribution in [0.1, 0.15) is 12.0 Å². The number of carbonyl (C=O) groups is 1. The summed E-state index contributed by atoms with van der Waals surface area (Å²) in [4.78, 5) is 17.5. The quantitative estimate of drug-likeness (QED) is 0.793. The Labute approximate surface area is 99.4 Å². The van der Waals surface area contributed by atoms with Crippen LogP contribution in [0.5, 0.6) is 0 Å². The van der Waals surface area contributed by atoms with Gasteiger partial charge in [-0.25, -0.2) is 4.98 Å². The van der Waals surface area contributed by atoms with Crippen LogP contribution >= 0.6 is 11.6 Å². The molecule has 4 nitrogen and oxygen atoms in total. The maximum absolute atomic E-state index is 11.8. The Morgan fingerprint density at radius 2 is 2.44 bits per heavy atom. The van der Waals surface area contributed by atoms with E-state index in [-0.39, 0.29) is 11.8 Å². The highest BCUT2D eigenvalue weighted by Crippen LogP contribution is 2.32. The summed E-state index contributed by atoms with van der Waals surface area (Å²) in [6, 6.07) is 1.85. The average molecular weight is 240 g/mol. The second-order valence-corrected chi connectivity index (χ2v) is 4.44. The molecule has 1 aromatic heterocycles. The van der Waals surface area contributed by atoms with Crippen molar-refractivity contribution in [3.63, 3.8) is 0 Å². The molecule has 0 spiro atoms. The Morgan fingerprint density at radius 1 is 1.69 bits per heavy atom. The van der Waals surface area contributed by atoms with E-state index in [2.05, 4.69) is 4.98 Å². The number of amides is 1. The minimum Gasteiger partial charge on any atom is -0.330 e. The van der Waals surface area contributed by atoms with Gasteiger partial charge < -0.3 is 10.6 Å². The van der Waals surface area contributed by atoms with Gasteiger partial charge in [0, 0.05) is 19.2 Å². The van der Waals surface area contributed by atoms with E-state index in [0.717, 1.165) is 11.3 Å². The lowest BCUT2D eigenvalue weighted by Crippen LogP contribution is -2.27. The van der Waals surface area contributed by atoms with Gasteiger partial charge in [-0.1, -0.05) is 11.6 Å². The summed E-state index contributed by atoms with van der Waals surface area (Å²) in [5.74, 6) is 0.302. The van der Waals surface area contributed by atoms with Crippen LogP contribution in [0.3, 0.4) is 0 Å². The molecule has 86 valence electrons. The zero-order valence-corrected chi connectivity index (χ0v) is 9.87. The van der Waals surface area contributed by atoms with Crippen LogP contribution in [0, 0.1) is 12.8 Å². The summed E-state index contributed by atoms with van der Waals surface area (Å²) in [6.07, 6.45) is 2.14. The predicted molar refractivity (Wildman–Crippen MR) is 63.5 cm³/mol. The summed E-state index contributed by atoms with van der Waals surface area (Å²) in [5.41, 5.74) is 7.28. The molecule has 1 saturated heterocycles.